The third kappa shape index (κ3) is 3.25. The Morgan fingerprint density at radius 2 is 2.36 bits per heavy atom. The molecule has 2 aliphatic heterocycles. The average Bonchev–Trinajstić information content (AvgIpc) is 2.97. The van der Waals surface area contributed by atoms with E-state index in [1.807, 2.05) is 12.1 Å². The summed E-state index contributed by atoms with van der Waals surface area (Å²) in [5.74, 6) is 1.42. The van der Waals surface area contributed by atoms with Crippen LogP contribution in [0.15, 0.2) is 24.3 Å². The van der Waals surface area contributed by atoms with Crippen molar-refractivity contribution in [2.75, 3.05) is 27.2 Å². The summed E-state index contributed by atoms with van der Waals surface area (Å²) in [6.45, 7) is 2.85. The van der Waals surface area contributed by atoms with Gasteiger partial charge in [-0.25, -0.2) is 0 Å². The number of hydrogen-bond donors (Lipinski definition) is 1. The van der Waals surface area contributed by atoms with Gasteiger partial charge in [0.1, 0.15) is 11.9 Å². The highest BCUT2D eigenvalue weighted by Gasteiger charge is 2.41. The highest BCUT2D eigenvalue weighted by molar-refractivity contribution is 5.80. The summed E-state index contributed by atoms with van der Waals surface area (Å²) in [5, 5.41) is 2.69. The molecular formula is C17H24N2O3. The monoisotopic (exact) mass is 304 g/mol. The van der Waals surface area contributed by atoms with Crippen LogP contribution in [-0.2, 0) is 16.1 Å². The molecule has 2 saturated heterocycles. The zero-order valence-electron chi connectivity index (χ0n) is 13.2. The summed E-state index contributed by atoms with van der Waals surface area (Å²) in [7, 11) is 3.36. The molecule has 1 amide bonds. The molecule has 1 N–H and O–H groups in total. The van der Waals surface area contributed by atoms with E-state index in [1.165, 1.54) is 5.56 Å². The summed E-state index contributed by atoms with van der Waals surface area (Å²) >= 11 is 0. The van der Waals surface area contributed by atoms with Crippen molar-refractivity contribution in [2.24, 2.45) is 5.92 Å². The summed E-state index contributed by atoms with van der Waals surface area (Å²) in [6, 6.07) is 8.19. The van der Waals surface area contributed by atoms with Crippen LogP contribution < -0.4 is 10.1 Å². The number of benzene rings is 1. The molecule has 0 spiro atoms. The number of amides is 1. The van der Waals surface area contributed by atoms with Crippen LogP contribution in [0.3, 0.4) is 0 Å². The van der Waals surface area contributed by atoms with Gasteiger partial charge < -0.3 is 14.8 Å². The Hall–Kier alpha value is -1.59. The summed E-state index contributed by atoms with van der Waals surface area (Å²) in [5.41, 5.74) is 1.25. The summed E-state index contributed by atoms with van der Waals surface area (Å²) in [6.07, 6.45) is 1.87. The standard InChI is InChI=1S/C17H24N2O3/c1-18-17(20)15-9-13-6-7-19(11-16(13)22-15)10-12-4-3-5-14(8-12)21-2/h3-5,8,13,15-16H,6-7,9-11H2,1-2H3,(H,18,20)/t13-,15+,16-/m0/s1. The second-order valence-electron chi connectivity index (χ2n) is 6.15. The molecule has 0 bridgehead atoms. The fourth-order valence-corrected chi connectivity index (χ4v) is 3.50. The fourth-order valence-electron chi connectivity index (χ4n) is 3.50. The van der Waals surface area contributed by atoms with Crippen molar-refractivity contribution in [1.29, 1.82) is 0 Å². The number of carbonyl (C=O) groups excluding carboxylic acids is 1. The van der Waals surface area contributed by atoms with Gasteiger partial charge in [-0.2, -0.15) is 0 Å². The third-order valence-electron chi connectivity index (χ3n) is 4.72. The van der Waals surface area contributed by atoms with E-state index in [4.69, 9.17) is 9.47 Å². The number of fused-ring (bicyclic) bond motifs is 1. The Balaban J connectivity index is 1.58. The number of likely N-dealkylation sites (tertiary alicyclic amines) is 1. The molecule has 5 nitrogen and oxygen atoms in total. The van der Waals surface area contributed by atoms with Gasteiger partial charge in [0.15, 0.2) is 0 Å². The largest absolute Gasteiger partial charge is 0.497 e. The van der Waals surface area contributed by atoms with E-state index in [-0.39, 0.29) is 18.1 Å². The summed E-state index contributed by atoms with van der Waals surface area (Å²) < 4.78 is 11.2. The van der Waals surface area contributed by atoms with Crippen LogP contribution in [0.5, 0.6) is 5.75 Å². The number of piperidine rings is 1. The number of nitrogens with zero attached hydrogens (tertiary/aromatic N) is 1. The van der Waals surface area contributed by atoms with Crippen molar-refractivity contribution in [1.82, 2.24) is 10.2 Å². The van der Waals surface area contributed by atoms with Crippen LogP contribution in [0.25, 0.3) is 0 Å². The molecule has 0 aromatic heterocycles. The van der Waals surface area contributed by atoms with Crippen LogP contribution in [0.2, 0.25) is 0 Å². The van der Waals surface area contributed by atoms with E-state index in [0.29, 0.717) is 5.92 Å². The zero-order chi connectivity index (χ0) is 15.5. The van der Waals surface area contributed by atoms with Gasteiger partial charge in [-0.1, -0.05) is 12.1 Å². The number of carbonyl (C=O) groups is 1. The Bertz CT molecular complexity index is 534. The summed E-state index contributed by atoms with van der Waals surface area (Å²) in [4.78, 5) is 14.1. The van der Waals surface area contributed by atoms with Gasteiger partial charge in [0, 0.05) is 20.1 Å². The molecule has 2 heterocycles. The van der Waals surface area contributed by atoms with Gasteiger partial charge in [-0.15, -0.1) is 0 Å². The first-order valence-electron chi connectivity index (χ1n) is 7.92. The number of ether oxygens (including phenoxy) is 2. The predicted molar refractivity (Wildman–Crippen MR) is 83.7 cm³/mol. The Morgan fingerprint density at radius 1 is 1.50 bits per heavy atom. The highest BCUT2D eigenvalue weighted by atomic mass is 16.5. The minimum absolute atomic E-state index is 0.00810. The van der Waals surface area contributed by atoms with E-state index in [1.54, 1.807) is 14.2 Å². The van der Waals surface area contributed by atoms with E-state index in [2.05, 4.69) is 22.3 Å². The van der Waals surface area contributed by atoms with E-state index in [0.717, 1.165) is 38.2 Å². The van der Waals surface area contributed by atoms with Gasteiger partial charge in [-0.05, 0) is 43.0 Å². The smallest absolute Gasteiger partial charge is 0.248 e. The molecule has 3 atom stereocenters. The first kappa shape index (κ1) is 15.3. The van der Waals surface area contributed by atoms with Crippen molar-refractivity contribution in [2.45, 2.75) is 31.6 Å². The molecule has 0 radical (unpaired) electrons. The average molecular weight is 304 g/mol. The number of methoxy groups -OCH3 is 1. The molecule has 0 aliphatic carbocycles. The molecule has 5 heteroatoms. The molecule has 22 heavy (non-hydrogen) atoms. The van der Waals surface area contributed by atoms with E-state index >= 15 is 0 Å². The molecule has 1 aromatic carbocycles. The SMILES string of the molecule is CNC(=O)[C@H]1C[C@@H]2CCN(Cc3cccc(OC)c3)C[C@@H]2O1. The van der Waals surface area contributed by atoms with Crippen LogP contribution >= 0.6 is 0 Å². The van der Waals surface area contributed by atoms with E-state index < -0.39 is 0 Å². The Labute approximate surface area is 131 Å². The molecule has 2 fully saturated rings. The molecule has 0 unspecified atom stereocenters. The van der Waals surface area contributed by atoms with Crippen LogP contribution in [-0.4, -0.2) is 50.3 Å². The topological polar surface area (TPSA) is 50.8 Å². The van der Waals surface area contributed by atoms with Crippen molar-refractivity contribution in [3.63, 3.8) is 0 Å². The maximum Gasteiger partial charge on any atom is 0.248 e. The Kier molecular flexibility index (Phi) is 4.64. The minimum atomic E-state index is -0.267. The van der Waals surface area contributed by atoms with Gasteiger partial charge in [0.05, 0.1) is 13.2 Å². The van der Waals surface area contributed by atoms with Gasteiger partial charge in [-0.3, -0.25) is 9.69 Å². The maximum absolute atomic E-state index is 11.7. The van der Waals surface area contributed by atoms with Crippen LogP contribution in [0.1, 0.15) is 18.4 Å². The van der Waals surface area contributed by atoms with Crippen molar-refractivity contribution in [3.05, 3.63) is 29.8 Å². The first-order valence-corrected chi connectivity index (χ1v) is 7.92. The van der Waals surface area contributed by atoms with Crippen molar-refractivity contribution >= 4 is 5.91 Å². The van der Waals surface area contributed by atoms with Crippen LogP contribution in [0.4, 0.5) is 0 Å². The van der Waals surface area contributed by atoms with Gasteiger partial charge in [0.2, 0.25) is 5.91 Å². The molecule has 0 saturated carbocycles. The number of rotatable bonds is 4. The lowest BCUT2D eigenvalue weighted by atomic mass is 9.91. The van der Waals surface area contributed by atoms with Crippen molar-refractivity contribution in [3.8, 4) is 5.75 Å². The van der Waals surface area contributed by atoms with Gasteiger partial charge in [0.25, 0.3) is 0 Å². The molecular weight excluding hydrogens is 280 g/mol. The maximum atomic E-state index is 11.7. The first-order chi connectivity index (χ1) is 10.7. The minimum Gasteiger partial charge on any atom is -0.497 e. The molecule has 1 aromatic rings. The second-order valence-corrected chi connectivity index (χ2v) is 6.15. The molecule has 3 rings (SSSR count). The highest BCUT2D eigenvalue weighted by Crippen LogP contribution is 2.33. The number of nitrogens with one attached hydrogen (secondary N) is 1. The van der Waals surface area contributed by atoms with Crippen LogP contribution in [0, 0.1) is 5.92 Å². The second kappa shape index (κ2) is 6.67. The molecule has 120 valence electrons. The predicted octanol–water partition coefficient (Wildman–Crippen LogP) is 1.42. The third-order valence-corrected chi connectivity index (χ3v) is 4.72. The van der Waals surface area contributed by atoms with Crippen molar-refractivity contribution < 1.29 is 14.3 Å². The van der Waals surface area contributed by atoms with E-state index in [9.17, 15) is 4.79 Å². The number of likely N-dealkylation sites (N-methyl/N-ethyl adjacent to an activating group) is 1. The lowest BCUT2D eigenvalue weighted by Crippen LogP contribution is -2.42. The quantitative estimate of drug-likeness (QED) is 0.914. The lowest BCUT2D eigenvalue weighted by molar-refractivity contribution is -0.132. The fraction of sp³-hybridized carbons (Fsp3) is 0.588. The lowest BCUT2D eigenvalue weighted by Gasteiger charge is -2.34. The van der Waals surface area contributed by atoms with Gasteiger partial charge >= 0.3 is 0 Å². The number of hydrogen-bond acceptors (Lipinski definition) is 4. The zero-order valence-corrected chi connectivity index (χ0v) is 13.2. The normalized spacial score (nSPS) is 28.2. The Morgan fingerprint density at radius 3 is 3.14 bits per heavy atom. The molecule has 2 aliphatic rings.